The summed E-state index contributed by atoms with van der Waals surface area (Å²) in [6.45, 7) is 0. The highest BCUT2D eigenvalue weighted by atomic mass is 19.1. The minimum absolute atomic E-state index is 0.0191. The third kappa shape index (κ3) is 4.29. The molecule has 1 aromatic heterocycles. The molecule has 0 amide bonds. The molecule has 3 rings (SSSR count). The van der Waals surface area contributed by atoms with E-state index in [4.69, 9.17) is 5.73 Å². The summed E-state index contributed by atoms with van der Waals surface area (Å²) in [5.74, 6) is -1.59. The van der Waals surface area contributed by atoms with E-state index in [0.717, 1.165) is 29.5 Å². The number of aryl methyl sites for hydroxylation is 1. The summed E-state index contributed by atoms with van der Waals surface area (Å²) in [6.07, 6.45) is 1.05. The molecule has 6 heteroatoms. The molecular formula is C19H17F2N3O. The number of H-pyrrole nitrogens is 1. The van der Waals surface area contributed by atoms with Crippen LogP contribution in [0.3, 0.4) is 0 Å². The predicted molar refractivity (Wildman–Crippen MR) is 91.3 cm³/mol. The molecular weight excluding hydrogens is 324 g/mol. The molecule has 0 radical (unpaired) electrons. The van der Waals surface area contributed by atoms with E-state index in [0.29, 0.717) is 18.5 Å². The standard InChI is InChI=1S/C19H17F2N3O/c20-14-9-13(10-15(21)11-14)18(25)7-6-16-17(24-19(22)23-16)8-12-4-2-1-3-5-12/h1-5,9-11H,6-8H2,(H3,22,23,24). The first kappa shape index (κ1) is 16.8. The molecule has 0 saturated heterocycles. The van der Waals surface area contributed by atoms with Gasteiger partial charge in [0.05, 0.1) is 5.69 Å². The van der Waals surface area contributed by atoms with Crippen LogP contribution >= 0.6 is 0 Å². The maximum atomic E-state index is 13.2. The van der Waals surface area contributed by atoms with Crippen LogP contribution in [0.25, 0.3) is 0 Å². The first-order valence-corrected chi connectivity index (χ1v) is 7.87. The number of hydrogen-bond donors (Lipinski definition) is 2. The second kappa shape index (κ2) is 7.25. The van der Waals surface area contributed by atoms with E-state index in [1.54, 1.807) is 0 Å². The number of nitrogen functional groups attached to an aromatic ring is 1. The van der Waals surface area contributed by atoms with Gasteiger partial charge < -0.3 is 10.7 Å². The molecule has 0 aliphatic rings. The fourth-order valence-electron chi connectivity index (χ4n) is 2.71. The summed E-state index contributed by atoms with van der Waals surface area (Å²) >= 11 is 0. The van der Waals surface area contributed by atoms with Crippen molar-refractivity contribution in [1.29, 1.82) is 0 Å². The summed E-state index contributed by atoms with van der Waals surface area (Å²) in [5, 5.41) is 0. The smallest absolute Gasteiger partial charge is 0.197 e. The normalized spacial score (nSPS) is 10.8. The van der Waals surface area contributed by atoms with Gasteiger partial charge in [0, 0.05) is 30.2 Å². The van der Waals surface area contributed by atoms with Crippen molar-refractivity contribution in [2.45, 2.75) is 19.3 Å². The zero-order valence-electron chi connectivity index (χ0n) is 13.4. The monoisotopic (exact) mass is 341 g/mol. The van der Waals surface area contributed by atoms with Gasteiger partial charge in [-0.3, -0.25) is 4.79 Å². The Morgan fingerprint density at radius 1 is 1.08 bits per heavy atom. The van der Waals surface area contributed by atoms with Gasteiger partial charge in [0.1, 0.15) is 11.6 Å². The van der Waals surface area contributed by atoms with Crippen molar-refractivity contribution in [1.82, 2.24) is 9.97 Å². The van der Waals surface area contributed by atoms with Gasteiger partial charge in [0.25, 0.3) is 0 Å². The highest BCUT2D eigenvalue weighted by Crippen LogP contribution is 2.17. The zero-order valence-corrected chi connectivity index (χ0v) is 13.4. The van der Waals surface area contributed by atoms with Crippen molar-refractivity contribution in [3.63, 3.8) is 0 Å². The first-order chi connectivity index (χ1) is 12.0. The molecule has 4 nitrogen and oxygen atoms in total. The van der Waals surface area contributed by atoms with Gasteiger partial charge in [0.15, 0.2) is 11.7 Å². The molecule has 2 aromatic carbocycles. The van der Waals surface area contributed by atoms with Gasteiger partial charge in [-0.25, -0.2) is 13.8 Å². The highest BCUT2D eigenvalue weighted by molar-refractivity contribution is 5.96. The Bertz CT molecular complexity index is 871. The number of nitrogens with one attached hydrogen (secondary N) is 1. The second-order valence-corrected chi connectivity index (χ2v) is 5.79. The molecule has 0 bridgehead atoms. The van der Waals surface area contributed by atoms with Gasteiger partial charge in [0.2, 0.25) is 0 Å². The van der Waals surface area contributed by atoms with E-state index in [2.05, 4.69) is 9.97 Å². The summed E-state index contributed by atoms with van der Waals surface area (Å²) < 4.78 is 26.5. The number of rotatable bonds is 6. The molecule has 0 spiro atoms. The number of hydrogen-bond acceptors (Lipinski definition) is 3. The van der Waals surface area contributed by atoms with E-state index >= 15 is 0 Å². The molecule has 3 aromatic rings. The van der Waals surface area contributed by atoms with Crippen molar-refractivity contribution in [3.8, 4) is 0 Å². The van der Waals surface area contributed by atoms with E-state index in [1.807, 2.05) is 30.3 Å². The number of imidazole rings is 1. The van der Waals surface area contributed by atoms with E-state index in [-0.39, 0.29) is 23.7 Å². The predicted octanol–water partition coefficient (Wildman–Crippen LogP) is 3.68. The number of Topliss-reactive ketones (excluding diaryl/α,β-unsaturated/α-hetero) is 1. The molecule has 3 N–H and O–H groups in total. The first-order valence-electron chi connectivity index (χ1n) is 7.87. The maximum Gasteiger partial charge on any atom is 0.197 e. The van der Waals surface area contributed by atoms with Crippen molar-refractivity contribution in [2.24, 2.45) is 0 Å². The van der Waals surface area contributed by atoms with Crippen LogP contribution in [-0.2, 0) is 12.8 Å². The average molecular weight is 341 g/mol. The summed E-state index contributed by atoms with van der Waals surface area (Å²) in [6, 6.07) is 12.6. The van der Waals surface area contributed by atoms with Crippen LogP contribution in [0, 0.1) is 11.6 Å². The Morgan fingerprint density at radius 3 is 2.44 bits per heavy atom. The number of ketones is 1. The second-order valence-electron chi connectivity index (χ2n) is 5.79. The fourth-order valence-corrected chi connectivity index (χ4v) is 2.71. The van der Waals surface area contributed by atoms with Crippen molar-refractivity contribution in [2.75, 3.05) is 5.73 Å². The van der Waals surface area contributed by atoms with E-state index in [9.17, 15) is 13.6 Å². The molecule has 0 aliphatic heterocycles. The number of carbonyl (C=O) groups excluding carboxylic acids is 1. The lowest BCUT2D eigenvalue weighted by Crippen LogP contribution is -2.04. The number of aromatic amines is 1. The summed E-state index contributed by atoms with van der Waals surface area (Å²) in [5.41, 5.74) is 8.37. The fraction of sp³-hybridized carbons (Fsp3) is 0.158. The zero-order chi connectivity index (χ0) is 17.8. The maximum absolute atomic E-state index is 13.2. The lowest BCUT2D eigenvalue weighted by atomic mass is 10.0. The molecule has 0 fully saturated rings. The average Bonchev–Trinajstić information content (AvgIpc) is 2.92. The van der Waals surface area contributed by atoms with Crippen LogP contribution in [0.4, 0.5) is 14.7 Å². The Kier molecular flexibility index (Phi) is 4.88. The summed E-state index contributed by atoms with van der Waals surface area (Å²) in [7, 11) is 0. The number of aromatic nitrogens is 2. The topological polar surface area (TPSA) is 71.8 Å². The lowest BCUT2D eigenvalue weighted by molar-refractivity contribution is 0.0981. The van der Waals surface area contributed by atoms with Crippen molar-refractivity contribution in [3.05, 3.63) is 82.7 Å². The largest absolute Gasteiger partial charge is 0.369 e. The van der Waals surface area contributed by atoms with Gasteiger partial charge in [-0.1, -0.05) is 30.3 Å². The molecule has 0 unspecified atom stereocenters. The number of nitrogens with zero attached hydrogens (tertiary/aromatic N) is 1. The minimum Gasteiger partial charge on any atom is -0.369 e. The van der Waals surface area contributed by atoms with Crippen molar-refractivity contribution >= 4 is 11.7 Å². The van der Waals surface area contributed by atoms with Crippen LogP contribution in [0.15, 0.2) is 48.5 Å². The number of halogens is 2. The summed E-state index contributed by atoms with van der Waals surface area (Å²) in [4.78, 5) is 19.4. The van der Waals surface area contributed by atoms with Crippen LogP contribution in [0.1, 0.15) is 33.7 Å². The van der Waals surface area contributed by atoms with Crippen LogP contribution in [0.5, 0.6) is 0 Å². The molecule has 0 atom stereocenters. The molecule has 0 aliphatic carbocycles. The number of benzene rings is 2. The SMILES string of the molecule is Nc1nc(CCC(=O)c2cc(F)cc(F)c2)c(Cc2ccccc2)[nH]1. The van der Waals surface area contributed by atoms with Gasteiger partial charge in [-0.15, -0.1) is 0 Å². The Morgan fingerprint density at radius 2 is 1.76 bits per heavy atom. The molecule has 1 heterocycles. The Labute approximate surface area is 143 Å². The Hall–Kier alpha value is -3.02. The molecule has 25 heavy (non-hydrogen) atoms. The van der Waals surface area contributed by atoms with Crippen LogP contribution < -0.4 is 5.73 Å². The quantitative estimate of drug-likeness (QED) is 0.672. The third-order valence-electron chi connectivity index (χ3n) is 3.88. The van der Waals surface area contributed by atoms with E-state index < -0.39 is 11.6 Å². The van der Waals surface area contributed by atoms with Gasteiger partial charge in [-0.05, 0) is 24.1 Å². The van der Waals surface area contributed by atoms with Gasteiger partial charge >= 0.3 is 0 Å². The number of anilines is 1. The van der Waals surface area contributed by atoms with Crippen LogP contribution in [0.2, 0.25) is 0 Å². The molecule has 128 valence electrons. The van der Waals surface area contributed by atoms with Gasteiger partial charge in [-0.2, -0.15) is 0 Å². The number of nitrogens with two attached hydrogens (primary N) is 1. The van der Waals surface area contributed by atoms with Crippen molar-refractivity contribution < 1.29 is 13.6 Å². The lowest BCUT2D eigenvalue weighted by Gasteiger charge is -2.04. The van der Waals surface area contributed by atoms with Crippen LogP contribution in [-0.4, -0.2) is 15.8 Å². The third-order valence-corrected chi connectivity index (χ3v) is 3.88. The van der Waals surface area contributed by atoms with E-state index in [1.165, 1.54) is 0 Å². The Balaban J connectivity index is 1.72. The molecule has 0 saturated carbocycles. The highest BCUT2D eigenvalue weighted by Gasteiger charge is 2.14. The minimum atomic E-state index is -0.767. The number of carbonyl (C=O) groups is 1.